The molecule has 0 atom stereocenters. The summed E-state index contributed by atoms with van der Waals surface area (Å²) in [4.78, 5) is 23.8. The summed E-state index contributed by atoms with van der Waals surface area (Å²) < 4.78 is 19.4. The highest BCUT2D eigenvalue weighted by Gasteiger charge is 2.14. The van der Waals surface area contributed by atoms with Gasteiger partial charge in [-0.25, -0.2) is 9.18 Å². The quantitative estimate of drug-likeness (QED) is 0.585. The van der Waals surface area contributed by atoms with Crippen LogP contribution in [0.25, 0.3) is 11.3 Å². The van der Waals surface area contributed by atoms with Gasteiger partial charge in [-0.15, -0.1) is 0 Å². The van der Waals surface area contributed by atoms with E-state index in [-0.39, 0.29) is 12.2 Å². The Labute approximate surface area is 162 Å². The number of amides is 1. The summed E-state index contributed by atoms with van der Waals surface area (Å²) in [5.74, 6) is -1.64. The van der Waals surface area contributed by atoms with Crippen molar-refractivity contribution in [2.75, 3.05) is 6.61 Å². The number of hydrogen-bond donors (Lipinski definition) is 2. The lowest BCUT2D eigenvalue weighted by Gasteiger charge is -2.06. The van der Waals surface area contributed by atoms with E-state index in [4.69, 9.17) is 4.74 Å². The van der Waals surface area contributed by atoms with Crippen molar-refractivity contribution >= 4 is 27.8 Å². The number of nitrogens with zero attached hydrogens (tertiary/aromatic N) is 1. The third kappa shape index (κ3) is 5.01. The van der Waals surface area contributed by atoms with E-state index in [0.29, 0.717) is 11.3 Å². The molecule has 0 aliphatic rings. The maximum absolute atomic E-state index is 13.5. The van der Waals surface area contributed by atoms with Crippen LogP contribution in [0.5, 0.6) is 0 Å². The zero-order chi connectivity index (χ0) is 19.2. The van der Waals surface area contributed by atoms with Crippen molar-refractivity contribution < 1.29 is 18.7 Å². The number of carbonyl (C=O) groups is 2. The molecular formula is C19H15BrFN3O3. The van der Waals surface area contributed by atoms with Crippen molar-refractivity contribution in [1.82, 2.24) is 15.5 Å². The van der Waals surface area contributed by atoms with Gasteiger partial charge in [0.25, 0.3) is 5.91 Å². The van der Waals surface area contributed by atoms with Crippen LogP contribution >= 0.6 is 15.9 Å². The Hall–Kier alpha value is -3.00. The molecule has 0 aliphatic carbocycles. The van der Waals surface area contributed by atoms with E-state index >= 15 is 0 Å². The normalized spacial score (nSPS) is 10.4. The lowest BCUT2D eigenvalue weighted by Crippen LogP contribution is -2.28. The van der Waals surface area contributed by atoms with Crippen molar-refractivity contribution in [1.29, 1.82) is 0 Å². The number of carbonyl (C=O) groups excluding carboxylic acids is 2. The average molecular weight is 432 g/mol. The molecule has 0 fully saturated rings. The van der Waals surface area contributed by atoms with Gasteiger partial charge in [-0.05, 0) is 24.3 Å². The van der Waals surface area contributed by atoms with Crippen LogP contribution < -0.4 is 5.32 Å². The number of ether oxygens (including phenoxy) is 1. The molecule has 3 aromatic rings. The molecule has 1 aromatic heterocycles. The first-order valence-electron chi connectivity index (χ1n) is 8.01. The van der Waals surface area contributed by atoms with E-state index in [1.54, 1.807) is 24.3 Å². The lowest BCUT2D eigenvalue weighted by molar-refractivity contribution is -0.124. The van der Waals surface area contributed by atoms with Crippen LogP contribution in [0.2, 0.25) is 0 Å². The van der Waals surface area contributed by atoms with Crippen molar-refractivity contribution in [3.8, 4) is 11.3 Å². The lowest BCUT2D eigenvalue weighted by atomic mass is 10.1. The van der Waals surface area contributed by atoms with Gasteiger partial charge in [0.2, 0.25) is 0 Å². The predicted molar refractivity (Wildman–Crippen MR) is 100 cm³/mol. The van der Waals surface area contributed by atoms with Gasteiger partial charge in [0.1, 0.15) is 11.5 Å². The van der Waals surface area contributed by atoms with Crippen LogP contribution in [0.1, 0.15) is 16.1 Å². The van der Waals surface area contributed by atoms with E-state index in [9.17, 15) is 14.0 Å². The summed E-state index contributed by atoms with van der Waals surface area (Å²) in [6, 6.07) is 15.1. The summed E-state index contributed by atoms with van der Waals surface area (Å²) in [6.45, 7) is -0.458. The van der Waals surface area contributed by atoms with E-state index in [1.807, 2.05) is 24.3 Å². The first-order valence-corrected chi connectivity index (χ1v) is 8.81. The van der Waals surface area contributed by atoms with Crippen LogP contribution in [-0.4, -0.2) is 28.7 Å². The number of halogens is 2. The number of hydrogen-bond acceptors (Lipinski definition) is 4. The minimum atomic E-state index is -0.702. The fourth-order valence-corrected chi connectivity index (χ4v) is 2.55. The van der Waals surface area contributed by atoms with Crippen LogP contribution in [0, 0.1) is 5.82 Å². The molecule has 2 N–H and O–H groups in total. The largest absolute Gasteiger partial charge is 0.451 e. The summed E-state index contributed by atoms with van der Waals surface area (Å²) in [5, 5.41) is 9.15. The number of nitrogens with one attached hydrogen (secondary N) is 2. The first-order chi connectivity index (χ1) is 13.0. The Kier molecular flexibility index (Phi) is 5.97. The second-order valence-corrected chi connectivity index (χ2v) is 6.53. The van der Waals surface area contributed by atoms with Crippen LogP contribution in [-0.2, 0) is 16.1 Å². The molecule has 8 heteroatoms. The molecule has 1 amide bonds. The molecule has 0 unspecified atom stereocenters. The van der Waals surface area contributed by atoms with Gasteiger partial charge in [-0.3, -0.25) is 9.89 Å². The number of aromatic nitrogens is 2. The zero-order valence-corrected chi connectivity index (χ0v) is 15.6. The number of benzene rings is 2. The van der Waals surface area contributed by atoms with Gasteiger partial charge in [0, 0.05) is 22.1 Å². The van der Waals surface area contributed by atoms with E-state index in [2.05, 4.69) is 31.4 Å². The first kappa shape index (κ1) is 18.8. The van der Waals surface area contributed by atoms with Crippen molar-refractivity contribution in [3.05, 3.63) is 76.1 Å². The number of aromatic amines is 1. The Balaban J connectivity index is 1.51. The Bertz CT molecular complexity index is 957. The topological polar surface area (TPSA) is 84.1 Å². The van der Waals surface area contributed by atoms with Crippen LogP contribution in [0.3, 0.4) is 0 Å². The van der Waals surface area contributed by atoms with Gasteiger partial charge in [-0.1, -0.05) is 46.3 Å². The van der Waals surface area contributed by atoms with Gasteiger partial charge < -0.3 is 10.1 Å². The molecule has 3 rings (SSSR count). The number of rotatable bonds is 6. The van der Waals surface area contributed by atoms with Crippen molar-refractivity contribution in [3.63, 3.8) is 0 Å². The maximum atomic E-state index is 13.5. The van der Waals surface area contributed by atoms with Gasteiger partial charge in [0.05, 0.1) is 5.69 Å². The number of esters is 1. The molecule has 2 aromatic carbocycles. The van der Waals surface area contributed by atoms with Crippen molar-refractivity contribution in [2.45, 2.75) is 6.54 Å². The maximum Gasteiger partial charge on any atom is 0.356 e. The SMILES string of the molecule is O=C(COC(=O)c1cc(-c2ccc(Br)cc2)n[nH]1)NCc1ccccc1F. The van der Waals surface area contributed by atoms with E-state index in [1.165, 1.54) is 6.07 Å². The average Bonchev–Trinajstić information content (AvgIpc) is 3.16. The van der Waals surface area contributed by atoms with Crippen molar-refractivity contribution in [2.24, 2.45) is 0 Å². The molecular weight excluding hydrogens is 417 g/mol. The Morgan fingerprint density at radius 3 is 2.63 bits per heavy atom. The molecule has 0 spiro atoms. The minimum absolute atomic E-state index is 0.0147. The molecule has 1 heterocycles. The monoisotopic (exact) mass is 431 g/mol. The molecule has 0 saturated carbocycles. The zero-order valence-electron chi connectivity index (χ0n) is 14.0. The third-order valence-electron chi connectivity index (χ3n) is 3.71. The minimum Gasteiger partial charge on any atom is -0.451 e. The summed E-state index contributed by atoms with van der Waals surface area (Å²) in [5.41, 5.74) is 1.90. The highest BCUT2D eigenvalue weighted by Crippen LogP contribution is 2.20. The molecule has 27 heavy (non-hydrogen) atoms. The Morgan fingerprint density at radius 1 is 1.15 bits per heavy atom. The standard InChI is InChI=1S/C19H15BrFN3O3/c20-14-7-5-12(6-8-14)16-9-17(24-23-16)19(26)27-11-18(25)22-10-13-3-1-2-4-15(13)21/h1-9H,10-11H2,(H,22,25)(H,23,24). The molecule has 0 saturated heterocycles. The molecule has 0 bridgehead atoms. The summed E-state index contributed by atoms with van der Waals surface area (Å²) >= 11 is 3.35. The molecule has 6 nitrogen and oxygen atoms in total. The summed E-state index contributed by atoms with van der Waals surface area (Å²) in [6.07, 6.45) is 0. The predicted octanol–water partition coefficient (Wildman–Crippen LogP) is 3.45. The third-order valence-corrected chi connectivity index (χ3v) is 4.23. The fraction of sp³-hybridized carbons (Fsp3) is 0.105. The van der Waals surface area contributed by atoms with Gasteiger partial charge in [-0.2, -0.15) is 5.10 Å². The smallest absolute Gasteiger partial charge is 0.356 e. The highest BCUT2D eigenvalue weighted by atomic mass is 79.9. The van der Waals surface area contributed by atoms with E-state index < -0.39 is 24.3 Å². The highest BCUT2D eigenvalue weighted by molar-refractivity contribution is 9.10. The molecule has 0 aliphatic heterocycles. The van der Waals surface area contributed by atoms with Crippen LogP contribution in [0.4, 0.5) is 4.39 Å². The van der Waals surface area contributed by atoms with E-state index in [0.717, 1.165) is 10.0 Å². The van der Waals surface area contributed by atoms with Gasteiger partial charge >= 0.3 is 5.97 Å². The molecule has 0 radical (unpaired) electrons. The van der Waals surface area contributed by atoms with Crippen LogP contribution in [0.15, 0.2) is 59.1 Å². The summed E-state index contributed by atoms with van der Waals surface area (Å²) in [7, 11) is 0. The fourth-order valence-electron chi connectivity index (χ4n) is 2.29. The second kappa shape index (κ2) is 8.59. The number of H-pyrrole nitrogens is 1. The second-order valence-electron chi connectivity index (χ2n) is 5.62. The van der Waals surface area contributed by atoms with Gasteiger partial charge in [0.15, 0.2) is 6.61 Å². The molecule has 138 valence electrons. The Morgan fingerprint density at radius 2 is 1.89 bits per heavy atom.